The van der Waals surface area contributed by atoms with Crippen LogP contribution in [0.3, 0.4) is 0 Å². The number of carbonyl (C=O) groups excluding carboxylic acids is 1. The first-order chi connectivity index (χ1) is 6.18. The van der Waals surface area contributed by atoms with Crippen LogP contribution in [-0.2, 0) is 9.53 Å². The first-order valence-electron chi connectivity index (χ1n) is 4.01. The number of carbonyl (C=O) groups is 1. The van der Waals surface area contributed by atoms with Crippen LogP contribution in [0.4, 0.5) is 0 Å². The Morgan fingerprint density at radius 1 is 1.31 bits per heavy atom. The minimum absolute atomic E-state index is 0.0294. The fraction of sp³-hybridized carbons (Fsp3) is 0.300. The van der Waals surface area contributed by atoms with Gasteiger partial charge in [-0.15, -0.1) is 0 Å². The Bertz CT molecular complexity index is 277. The minimum Gasteiger partial charge on any atom is -0.457 e. The van der Waals surface area contributed by atoms with Gasteiger partial charge in [0.25, 0.3) is 0 Å². The zero-order valence-electron chi connectivity index (χ0n) is 7.74. The van der Waals surface area contributed by atoms with Gasteiger partial charge in [-0.25, -0.2) is 0 Å². The summed E-state index contributed by atoms with van der Waals surface area (Å²) in [6, 6.07) is 7.53. The van der Waals surface area contributed by atoms with Gasteiger partial charge in [0.1, 0.15) is 5.75 Å². The van der Waals surface area contributed by atoms with Crippen LogP contribution >= 0.6 is 0 Å². The van der Waals surface area contributed by atoms with Crippen molar-refractivity contribution in [2.75, 3.05) is 6.79 Å². The van der Waals surface area contributed by atoms with Crippen molar-refractivity contribution in [3.63, 3.8) is 0 Å². The van der Waals surface area contributed by atoms with E-state index >= 15 is 0 Å². The number of hydrogen-bond acceptors (Lipinski definition) is 3. The molecule has 1 aromatic carbocycles. The van der Waals surface area contributed by atoms with Gasteiger partial charge in [0.05, 0.1) is 0 Å². The molecule has 0 atom stereocenters. The van der Waals surface area contributed by atoms with Crippen molar-refractivity contribution in [2.24, 2.45) is 0 Å². The third kappa shape index (κ3) is 3.60. The number of benzene rings is 1. The highest BCUT2D eigenvalue weighted by molar-refractivity contribution is 5.65. The highest BCUT2D eigenvalue weighted by Gasteiger charge is 1.94. The topological polar surface area (TPSA) is 35.5 Å². The van der Waals surface area contributed by atoms with Crippen molar-refractivity contribution >= 4 is 5.97 Å². The van der Waals surface area contributed by atoms with Crippen LogP contribution in [0.15, 0.2) is 24.3 Å². The summed E-state index contributed by atoms with van der Waals surface area (Å²) in [7, 11) is 0. The number of hydrogen-bond donors (Lipinski definition) is 0. The van der Waals surface area contributed by atoms with Crippen LogP contribution in [-0.4, -0.2) is 12.8 Å². The van der Waals surface area contributed by atoms with E-state index in [9.17, 15) is 4.79 Å². The van der Waals surface area contributed by atoms with E-state index in [2.05, 4.69) is 4.74 Å². The number of aryl methyl sites for hydroxylation is 1. The maximum Gasteiger partial charge on any atom is 0.305 e. The molecule has 3 heteroatoms. The molecule has 0 fully saturated rings. The number of rotatable bonds is 3. The molecule has 0 aliphatic rings. The molecule has 0 aliphatic heterocycles. The molecular weight excluding hydrogens is 168 g/mol. The van der Waals surface area contributed by atoms with Gasteiger partial charge in [0, 0.05) is 6.92 Å². The third-order valence-corrected chi connectivity index (χ3v) is 1.51. The number of esters is 1. The Morgan fingerprint density at radius 3 is 2.46 bits per heavy atom. The summed E-state index contributed by atoms with van der Waals surface area (Å²) in [6.45, 7) is 3.31. The Kier molecular flexibility index (Phi) is 3.31. The molecule has 1 aromatic rings. The van der Waals surface area contributed by atoms with E-state index in [-0.39, 0.29) is 12.8 Å². The molecule has 3 nitrogen and oxygen atoms in total. The molecule has 0 spiro atoms. The maximum atomic E-state index is 10.4. The molecule has 0 aromatic heterocycles. The molecule has 0 saturated carbocycles. The summed E-state index contributed by atoms with van der Waals surface area (Å²) in [5.74, 6) is 0.360. The minimum atomic E-state index is -0.341. The summed E-state index contributed by atoms with van der Waals surface area (Å²) >= 11 is 0. The normalized spacial score (nSPS) is 9.38. The van der Waals surface area contributed by atoms with E-state index in [1.54, 1.807) is 0 Å². The smallest absolute Gasteiger partial charge is 0.305 e. The zero-order valence-corrected chi connectivity index (χ0v) is 7.74. The molecule has 13 heavy (non-hydrogen) atoms. The van der Waals surface area contributed by atoms with Crippen LogP contribution < -0.4 is 4.74 Å². The van der Waals surface area contributed by atoms with Gasteiger partial charge in [-0.05, 0) is 19.1 Å². The second kappa shape index (κ2) is 4.50. The fourth-order valence-corrected chi connectivity index (χ4v) is 0.815. The fourth-order valence-electron chi connectivity index (χ4n) is 0.815. The Morgan fingerprint density at radius 2 is 1.92 bits per heavy atom. The molecule has 0 aliphatic carbocycles. The molecular formula is C10H12O3. The summed E-state index contributed by atoms with van der Waals surface area (Å²) < 4.78 is 9.74. The van der Waals surface area contributed by atoms with E-state index in [0.29, 0.717) is 5.75 Å². The lowest BCUT2D eigenvalue weighted by Gasteiger charge is -2.05. The lowest BCUT2D eigenvalue weighted by molar-refractivity contribution is -0.147. The molecule has 1 rings (SSSR count). The monoisotopic (exact) mass is 180 g/mol. The molecule has 0 amide bonds. The van der Waals surface area contributed by atoms with Gasteiger partial charge < -0.3 is 9.47 Å². The van der Waals surface area contributed by atoms with E-state index in [4.69, 9.17) is 4.74 Å². The molecule has 0 saturated heterocycles. The van der Waals surface area contributed by atoms with Crippen molar-refractivity contribution < 1.29 is 14.3 Å². The van der Waals surface area contributed by atoms with Gasteiger partial charge in [0.2, 0.25) is 6.79 Å². The van der Waals surface area contributed by atoms with E-state index < -0.39 is 0 Å². The standard InChI is InChI=1S/C10H12O3/c1-8-3-5-10(6-4-8)13-7-12-9(2)11/h3-6H,7H2,1-2H3. The van der Waals surface area contributed by atoms with E-state index in [1.165, 1.54) is 12.5 Å². The van der Waals surface area contributed by atoms with E-state index in [0.717, 1.165) is 0 Å². The second-order valence-electron chi connectivity index (χ2n) is 2.71. The average molecular weight is 180 g/mol. The second-order valence-corrected chi connectivity index (χ2v) is 2.71. The van der Waals surface area contributed by atoms with E-state index in [1.807, 2.05) is 31.2 Å². The Labute approximate surface area is 77.3 Å². The van der Waals surface area contributed by atoms with Crippen LogP contribution in [0.2, 0.25) is 0 Å². The van der Waals surface area contributed by atoms with Gasteiger partial charge in [0.15, 0.2) is 0 Å². The van der Waals surface area contributed by atoms with Gasteiger partial charge in [-0.2, -0.15) is 0 Å². The summed E-state index contributed by atoms with van der Waals surface area (Å²) in [6.07, 6.45) is 0. The lowest BCUT2D eigenvalue weighted by atomic mass is 10.2. The first-order valence-corrected chi connectivity index (χ1v) is 4.01. The van der Waals surface area contributed by atoms with Crippen molar-refractivity contribution in [1.82, 2.24) is 0 Å². The SMILES string of the molecule is CC(=O)OCOc1ccc(C)cc1. The zero-order chi connectivity index (χ0) is 9.68. The van der Waals surface area contributed by atoms with Gasteiger partial charge >= 0.3 is 5.97 Å². The van der Waals surface area contributed by atoms with Crippen molar-refractivity contribution in [1.29, 1.82) is 0 Å². The summed E-state index contributed by atoms with van der Waals surface area (Å²) in [4.78, 5) is 10.4. The Hall–Kier alpha value is -1.51. The summed E-state index contributed by atoms with van der Waals surface area (Å²) in [5, 5.41) is 0. The lowest BCUT2D eigenvalue weighted by Crippen LogP contribution is -2.06. The molecule has 0 unspecified atom stereocenters. The largest absolute Gasteiger partial charge is 0.457 e. The van der Waals surface area contributed by atoms with Crippen molar-refractivity contribution in [3.05, 3.63) is 29.8 Å². The van der Waals surface area contributed by atoms with Crippen molar-refractivity contribution in [3.8, 4) is 5.75 Å². The van der Waals surface area contributed by atoms with Crippen LogP contribution in [0.25, 0.3) is 0 Å². The molecule has 0 heterocycles. The van der Waals surface area contributed by atoms with Crippen LogP contribution in [0.1, 0.15) is 12.5 Å². The van der Waals surface area contributed by atoms with Crippen LogP contribution in [0.5, 0.6) is 5.75 Å². The quantitative estimate of drug-likeness (QED) is 0.526. The predicted molar refractivity (Wildman–Crippen MR) is 48.4 cm³/mol. The Balaban J connectivity index is 2.37. The molecule has 0 bridgehead atoms. The average Bonchev–Trinajstić information content (AvgIpc) is 2.08. The van der Waals surface area contributed by atoms with Gasteiger partial charge in [-0.1, -0.05) is 17.7 Å². The summed E-state index contributed by atoms with van der Waals surface area (Å²) in [5.41, 5.74) is 1.17. The number of ether oxygens (including phenoxy) is 2. The van der Waals surface area contributed by atoms with Gasteiger partial charge in [-0.3, -0.25) is 4.79 Å². The predicted octanol–water partition coefficient (Wildman–Crippen LogP) is 1.89. The van der Waals surface area contributed by atoms with Crippen molar-refractivity contribution in [2.45, 2.75) is 13.8 Å². The molecule has 0 radical (unpaired) electrons. The maximum absolute atomic E-state index is 10.4. The highest BCUT2D eigenvalue weighted by Crippen LogP contribution is 2.10. The highest BCUT2D eigenvalue weighted by atomic mass is 16.7. The molecule has 70 valence electrons. The third-order valence-electron chi connectivity index (χ3n) is 1.51. The van der Waals surface area contributed by atoms with Crippen LogP contribution in [0, 0.1) is 6.92 Å². The molecule has 0 N–H and O–H groups in total. The first kappa shape index (κ1) is 9.58.